The number of halogens is 1. The lowest BCUT2D eigenvalue weighted by Crippen LogP contribution is -2.47. The molecule has 2 bridgehead atoms. The van der Waals surface area contributed by atoms with Crippen LogP contribution in [0.5, 0.6) is 0 Å². The number of nitrogens with zero attached hydrogens (tertiary/aromatic N) is 1. The van der Waals surface area contributed by atoms with E-state index in [4.69, 9.17) is 0 Å². The molecule has 1 amide bonds. The van der Waals surface area contributed by atoms with Crippen LogP contribution in [0, 0.1) is 5.92 Å². The normalized spacial score (nSPS) is 37.7. The van der Waals surface area contributed by atoms with Gasteiger partial charge in [0.25, 0.3) is 0 Å². The minimum atomic E-state index is 0.462. The molecule has 3 heteroatoms. The molecule has 2 atom stereocenters. The smallest absolute Gasteiger partial charge is 0.223 e. The van der Waals surface area contributed by atoms with E-state index >= 15 is 0 Å². The van der Waals surface area contributed by atoms with Gasteiger partial charge >= 0.3 is 0 Å². The lowest BCUT2D eigenvalue weighted by atomic mass is 9.98. The number of alkyl halides is 1. The Bertz CT molecular complexity index is 287. The van der Waals surface area contributed by atoms with Crippen molar-refractivity contribution >= 4 is 21.8 Å². The standard InChI is InChI=1S/C14H22BrNO/c15-11-8-12-5-6-13(9-11)16(12)14(17)7-10-3-1-2-4-10/h10-13H,1-9H2. The summed E-state index contributed by atoms with van der Waals surface area (Å²) in [6.45, 7) is 0. The lowest BCUT2D eigenvalue weighted by molar-refractivity contribution is -0.136. The molecule has 3 aliphatic rings. The van der Waals surface area contributed by atoms with Gasteiger partial charge in [0.2, 0.25) is 5.91 Å². The maximum atomic E-state index is 12.4. The van der Waals surface area contributed by atoms with E-state index < -0.39 is 0 Å². The van der Waals surface area contributed by atoms with Gasteiger partial charge in [0.15, 0.2) is 0 Å². The monoisotopic (exact) mass is 299 g/mol. The Kier molecular flexibility index (Phi) is 3.47. The molecule has 2 nitrogen and oxygen atoms in total. The molecule has 0 aromatic heterocycles. The third-order valence-corrected chi connectivity index (χ3v) is 5.65. The fourth-order valence-electron chi connectivity index (χ4n) is 4.08. The van der Waals surface area contributed by atoms with Crippen LogP contribution in [0.25, 0.3) is 0 Å². The van der Waals surface area contributed by atoms with Gasteiger partial charge in [0.1, 0.15) is 0 Å². The Labute approximate surface area is 112 Å². The van der Waals surface area contributed by atoms with Crippen LogP contribution in [0.15, 0.2) is 0 Å². The second-order valence-corrected chi connectivity index (χ2v) is 7.40. The molecule has 0 spiro atoms. The van der Waals surface area contributed by atoms with Crippen molar-refractivity contribution in [3.63, 3.8) is 0 Å². The lowest BCUT2D eigenvalue weighted by Gasteiger charge is -2.37. The number of carbonyl (C=O) groups is 1. The summed E-state index contributed by atoms with van der Waals surface area (Å²) in [5.41, 5.74) is 0. The van der Waals surface area contributed by atoms with Gasteiger partial charge in [-0.3, -0.25) is 4.79 Å². The number of rotatable bonds is 2. The molecule has 0 radical (unpaired) electrons. The molecule has 2 heterocycles. The van der Waals surface area contributed by atoms with Crippen LogP contribution in [0.1, 0.15) is 57.8 Å². The molecule has 0 N–H and O–H groups in total. The highest BCUT2D eigenvalue weighted by Gasteiger charge is 2.42. The van der Waals surface area contributed by atoms with Crippen molar-refractivity contribution in [1.82, 2.24) is 4.90 Å². The Morgan fingerprint density at radius 1 is 1.06 bits per heavy atom. The van der Waals surface area contributed by atoms with Crippen molar-refractivity contribution in [2.24, 2.45) is 5.92 Å². The fraction of sp³-hybridized carbons (Fsp3) is 0.929. The van der Waals surface area contributed by atoms with E-state index in [-0.39, 0.29) is 0 Å². The first-order valence-corrected chi connectivity index (χ1v) is 8.11. The minimum absolute atomic E-state index is 0.462. The second-order valence-electron chi connectivity index (χ2n) is 6.11. The van der Waals surface area contributed by atoms with Crippen LogP contribution in [-0.4, -0.2) is 27.7 Å². The summed E-state index contributed by atoms with van der Waals surface area (Å²) in [4.78, 5) is 15.3. The molecule has 2 saturated heterocycles. The molecule has 17 heavy (non-hydrogen) atoms. The van der Waals surface area contributed by atoms with Crippen LogP contribution in [0.2, 0.25) is 0 Å². The van der Waals surface area contributed by atoms with Crippen LogP contribution < -0.4 is 0 Å². The summed E-state index contributed by atoms with van der Waals surface area (Å²) < 4.78 is 0. The molecule has 3 fully saturated rings. The summed E-state index contributed by atoms with van der Waals surface area (Å²) in [5, 5.41) is 0. The topological polar surface area (TPSA) is 20.3 Å². The molecule has 3 rings (SSSR count). The predicted octanol–water partition coefficient (Wildman–Crippen LogP) is 3.48. The van der Waals surface area contributed by atoms with Gasteiger partial charge in [0.05, 0.1) is 0 Å². The zero-order valence-corrected chi connectivity index (χ0v) is 12.0. The number of hydrogen-bond acceptors (Lipinski definition) is 1. The summed E-state index contributed by atoms with van der Waals surface area (Å²) in [5.74, 6) is 1.16. The average Bonchev–Trinajstić information content (AvgIpc) is 2.86. The maximum Gasteiger partial charge on any atom is 0.223 e. The first-order chi connectivity index (χ1) is 8.24. The van der Waals surface area contributed by atoms with E-state index in [1.54, 1.807) is 0 Å². The predicted molar refractivity (Wildman–Crippen MR) is 72.2 cm³/mol. The Balaban J connectivity index is 1.62. The van der Waals surface area contributed by atoms with Crippen molar-refractivity contribution in [1.29, 1.82) is 0 Å². The van der Waals surface area contributed by atoms with E-state index in [0.29, 0.717) is 28.7 Å². The number of carbonyl (C=O) groups excluding carboxylic acids is 1. The molecular weight excluding hydrogens is 278 g/mol. The van der Waals surface area contributed by atoms with Gasteiger partial charge < -0.3 is 4.90 Å². The zero-order chi connectivity index (χ0) is 11.8. The van der Waals surface area contributed by atoms with Crippen LogP contribution >= 0.6 is 15.9 Å². The molecule has 1 aliphatic carbocycles. The zero-order valence-electron chi connectivity index (χ0n) is 10.4. The Hall–Kier alpha value is -0.0500. The summed E-state index contributed by atoms with van der Waals surface area (Å²) >= 11 is 3.74. The molecule has 2 unspecified atom stereocenters. The second kappa shape index (κ2) is 4.91. The largest absolute Gasteiger partial charge is 0.337 e. The summed E-state index contributed by atoms with van der Waals surface area (Å²) in [7, 11) is 0. The van der Waals surface area contributed by atoms with Crippen LogP contribution in [-0.2, 0) is 4.79 Å². The van der Waals surface area contributed by atoms with Crippen LogP contribution in [0.4, 0.5) is 0 Å². The van der Waals surface area contributed by atoms with Gasteiger partial charge in [-0.25, -0.2) is 0 Å². The molecule has 1 saturated carbocycles. The number of piperidine rings is 1. The first kappa shape index (κ1) is 12.0. The molecule has 0 aromatic carbocycles. The maximum absolute atomic E-state index is 12.4. The van der Waals surface area contributed by atoms with E-state index in [2.05, 4.69) is 20.8 Å². The Morgan fingerprint density at radius 2 is 1.65 bits per heavy atom. The van der Waals surface area contributed by atoms with Crippen LogP contribution in [0.3, 0.4) is 0 Å². The van der Waals surface area contributed by atoms with Crippen molar-refractivity contribution in [2.75, 3.05) is 0 Å². The van der Waals surface area contributed by atoms with Gasteiger partial charge in [-0.15, -0.1) is 0 Å². The average molecular weight is 300 g/mol. The van der Waals surface area contributed by atoms with Crippen molar-refractivity contribution in [3.05, 3.63) is 0 Å². The Morgan fingerprint density at radius 3 is 2.24 bits per heavy atom. The quantitative estimate of drug-likeness (QED) is 0.715. The number of amides is 1. The molecule has 96 valence electrons. The van der Waals surface area contributed by atoms with Gasteiger partial charge in [-0.1, -0.05) is 28.8 Å². The molecular formula is C14H22BrNO. The highest BCUT2D eigenvalue weighted by molar-refractivity contribution is 9.09. The van der Waals surface area contributed by atoms with Crippen molar-refractivity contribution in [3.8, 4) is 0 Å². The molecule has 2 aliphatic heterocycles. The van der Waals surface area contributed by atoms with Gasteiger partial charge in [0, 0.05) is 23.3 Å². The van der Waals surface area contributed by atoms with E-state index in [0.717, 1.165) is 6.42 Å². The summed E-state index contributed by atoms with van der Waals surface area (Å²) in [6, 6.07) is 1.10. The van der Waals surface area contributed by atoms with E-state index in [1.165, 1.54) is 51.4 Å². The fourth-order valence-corrected chi connectivity index (χ4v) is 4.95. The summed E-state index contributed by atoms with van der Waals surface area (Å²) in [6.07, 6.45) is 10.9. The highest BCUT2D eigenvalue weighted by Crippen LogP contribution is 2.39. The van der Waals surface area contributed by atoms with Gasteiger partial charge in [-0.05, 0) is 44.4 Å². The highest BCUT2D eigenvalue weighted by atomic mass is 79.9. The first-order valence-electron chi connectivity index (χ1n) is 7.19. The third kappa shape index (κ3) is 2.40. The third-order valence-electron chi connectivity index (χ3n) is 4.90. The SMILES string of the molecule is O=C(CC1CCCC1)N1C2CCC1CC(Br)C2. The van der Waals surface area contributed by atoms with E-state index in [1.807, 2.05) is 0 Å². The van der Waals surface area contributed by atoms with E-state index in [9.17, 15) is 4.79 Å². The molecule has 0 aromatic rings. The van der Waals surface area contributed by atoms with Crippen molar-refractivity contribution < 1.29 is 4.79 Å². The number of fused-ring (bicyclic) bond motifs is 2. The number of hydrogen-bond donors (Lipinski definition) is 0. The van der Waals surface area contributed by atoms with Gasteiger partial charge in [-0.2, -0.15) is 0 Å². The minimum Gasteiger partial charge on any atom is -0.337 e. The van der Waals surface area contributed by atoms with Crippen molar-refractivity contribution in [2.45, 2.75) is 74.7 Å².